The van der Waals surface area contributed by atoms with E-state index >= 15 is 0 Å². The van der Waals surface area contributed by atoms with Gasteiger partial charge in [0.15, 0.2) is 0 Å². The summed E-state index contributed by atoms with van der Waals surface area (Å²) in [4.78, 5) is 15.9. The van der Waals surface area contributed by atoms with Gasteiger partial charge >= 0.3 is 0 Å². The lowest BCUT2D eigenvalue weighted by Gasteiger charge is -2.05. The molecule has 0 atom stereocenters. The minimum absolute atomic E-state index is 0.0965. The first-order chi connectivity index (χ1) is 10.2. The number of hydrogen-bond acceptors (Lipinski definition) is 3. The van der Waals surface area contributed by atoms with Gasteiger partial charge in [-0.1, -0.05) is 30.0 Å². The molecule has 0 bridgehead atoms. The third-order valence-corrected chi connectivity index (χ3v) is 2.71. The van der Waals surface area contributed by atoms with Crippen LogP contribution >= 0.6 is 0 Å². The van der Waals surface area contributed by atoms with Crippen molar-refractivity contribution in [1.82, 2.24) is 10.3 Å². The zero-order valence-corrected chi connectivity index (χ0v) is 11.1. The fourth-order valence-electron chi connectivity index (χ4n) is 1.65. The molecule has 5 heteroatoms. The Bertz CT molecular complexity index is 687. The minimum Gasteiger partial charge on any atom is -0.384 e. The van der Waals surface area contributed by atoms with E-state index in [0.29, 0.717) is 11.1 Å². The van der Waals surface area contributed by atoms with Crippen LogP contribution in [0.4, 0.5) is 4.39 Å². The molecule has 0 aliphatic carbocycles. The van der Waals surface area contributed by atoms with Crippen molar-refractivity contribution in [3.8, 4) is 11.8 Å². The summed E-state index contributed by atoms with van der Waals surface area (Å²) in [5, 5.41) is 11.2. The lowest BCUT2D eigenvalue weighted by atomic mass is 10.2. The molecule has 2 N–H and O–H groups in total. The molecule has 0 fully saturated rings. The molecule has 21 heavy (non-hydrogen) atoms. The zero-order chi connectivity index (χ0) is 15.1. The van der Waals surface area contributed by atoms with E-state index in [2.05, 4.69) is 22.1 Å². The summed E-state index contributed by atoms with van der Waals surface area (Å²) in [6, 6.07) is 9.41. The summed E-state index contributed by atoms with van der Waals surface area (Å²) < 4.78 is 13.4. The van der Waals surface area contributed by atoms with Crippen molar-refractivity contribution in [3.63, 3.8) is 0 Å². The molecule has 106 valence electrons. The number of hydrogen-bond donors (Lipinski definition) is 2. The molecule has 1 aromatic heterocycles. The second-order valence-corrected chi connectivity index (χ2v) is 4.17. The fraction of sp³-hybridized carbons (Fsp3) is 0.125. The second-order valence-electron chi connectivity index (χ2n) is 4.17. The van der Waals surface area contributed by atoms with Crippen molar-refractivity contribution in [3.05, 3.63) is 65.2 Å². The topological polar surface area (TPSA) is 62.2 Å². The van der Waals surface area contributed by atoms with Gasteiger partial charge in [-0.05, 0) is 18.2 Å². The van der Waals surface area contributed by atoms with Gasteiger partial charge in [0.1, 0.15) is 18.1 Å². The van der Waals surface area contributed by atoms with Crippen LogP contribution in [0.1, 0.15) is 21.6 Å². The monoisotopic (exact) mass is 284 g/mol. The Morgan fingerprint density at radius 3 is 2.76 bits per heavy atom. The molecule has 0 saturated carbocycles. The van der Waals surface area contributed by atoms with Crippen LogP contribution in [0.15, 0.2) is 42.6 Å². The molecule has 1 aromatic carbocycles. The van der Waals surface area contributed by atoms with Crippen LogP contribution in [-0.4, -0.2) is 22.6 Å². The number of benzene rings is 1. The normalized spacial score (nSPS) is 9.62. The van der Waals surface area contributed by atoms with Crippen LogP contribution in [0, 0.1) is 17.7 Å². The van der Waals surface area contributed by atoms with Crippen LogP contribution in [0.3, 0.4) is 0 Å². The molecule has 0 radical (unpaired) electrons. The van der Waals surface area contributed by atoms with Crippen LogP contribution < -0.4 is 5.32 Å². The zero-order valence-electron chi connectivity index (χ0n) is 11.1. The lowest BCUT2D eigenvalue weighted by Crippen LogP contribution is -2.24. The largest absolute Gasteiger partial charge is 0.384 e. The van der Waals surface area contributed by atoms with E-state index in [-0.39, 0.29) is 30.6 Å². The number of nitrogens with one attached hydrogen (secondary N) is 1. The number of halogens is 1. The summed E-state index contributed by atoms with van der Waals surface area (Å²) in [6.45, 7) is -0.135. The predicted molar refractivity (Wildman–Crippen MR) is 75.8 cm³/mol. The number of carbonyl (C=O) groups excluding carboxylic acids is 1. The van der Waals surface area contributed by atoms with Gasteiger partial charge in [0, 0.05) is 23.9 Å². The molecule has 0 spiro atoms. The summed E-state index contributed by atoms with van der Waals surface area (Å²) in [5.41, 5.74) is 1.24. The number of carbonyl (C=O) groups is 1. The first-order valence-electron chi connectivity index (χ1n) is 6.28. The van der Waals surface area contributed by atoms with E-state index in [9.17, 15) is 9.18 Å². The summed E-state index contributed by atoms with van der Waals surface area (Å²) >= 11 is 0. The standard InChI is InChI=1S/C16H13FN2O2/c17-14-6-2-1-5-13(14)11-19-16(21)15-8-7-12(10-18-15)4-3-9-20/h1-2,5-8,10,20H,9,11H2,(H,19,21). The number of nitrogens with zero attached hydrogens (tertiary/aromatic N) is 1. The highest BCUT2D eigenvalue weighted by atomic mass is 19.1. The van der Waals surface area contributed by atoms with E-state index in [4.69, 9.17) is 5.11 Å². The van der Waals surface area contributed by atoms with Crippen molar-refractivity contribution in [2.75, 3.05) is 6.61 Å². The SMILES string of the molecule is O=C(NCc1ccccc1F)c1ccc(C#CCO)cn1. The molecule has 2 rings (SSSR count). The van der Waals surface area contributed by atoms with Gasteiger partial charge in [-0.15, -0.1) is 0 Å². The molecular weight excluding hydrogens is 271 g/mol. The van der Waals surface area contributed by atoms with Gasteiger partial charge in [-0.3, -0.25) is 4.79 Å². The number of pyridine rings is 1. The van der Waals surface area contributed by atoms with Crippen LogP contribution in [-0.2, 0) is 6.54 Å². The number of rotatable bonds is 3. The lowest BCUT2D eigenvalue weighted by molar-refractivity contribution is 0.0945. The third kappa shape index (κ3) is 4.13. The van der Waals surface area contributed by atoms with Gasteiger partial charge in [-0.25, -0.2) is 9.37 Å². The van der Waals surface area contributed by atoms with Crippen molar-refractivity contribution in [1.29, 1.82) is 0 Å². The summed E-state index contributed by atoms with van der Waals surface area (Å²) in [7, 11) is 0. The Morgan fingerprint density at radius 1 is 1.29 bits per heavy atom. The summed E-state index contributed by atoms with van der Waals surface area (Å²) in [5.74, 6) is 4.42. The van der Waals surface area contributed by atoms with E-state index in [1.807, 2.05) is 0 Å². The Hall–Kier alpha value is -2.71. The Morgan fingerprint density at radius 2 is 2.10 bits per heavy atom. The summed E-state index contributed by atoms with van der Waals surface area (Å²) in [6.07, 6.45) is 1.45. The Kier molecular flexibility index (Phi) is 5.02. The maximum Gasteiger partial charge on any atom is 0.270 e. The van der Waals surface area contributed by atoms with Crippen molar-refractivity contribution in [2.24, 2.45) is 0 Å². The van der Waals surface area contributed by atoms with Gasteiger partial charge in [0.2, 0.25) is 0 Å². The van der Waals surface area contributed by atoms with Gasteiger partial charge < -0.3 is 10.4 Å². The Balaban J connectivity index is 1.99. The van der Waals surface area contributed by atoms with Gasteiger partial charge in [0.05, 0.1) is 0 Å². The average Bonchev–Trinajstić information content (AvgIpc) is 2.52. The van der Waals surface area contributed by atoms with Crippen LogP contribution in [0.25, 0.3) is 0 Å². The van der Waals surface area contributed by atoms with Crippen LogP contribution in [0.2, 0.25) is 0 Å². The molecular formula is C16H13FN2O2. The molecule has 1 heterocycles. The van der Waals surface area contributed by atoms with Crippen molar-refractivity contribution in [2.45, 2.75) is 6.54 Å². The number of aliphatic hydroxyl groups excluding tert-OH is 1. The number of aromatic nitrogens is 1. The minimum atomic E-state index is -0.389. The van der Waals surface area contributed by atoms with E-state index in [0.717, 1.165) is 0 Å². The third-order valence-electron chi connectivity index (χ3n) is 2.71. The fourth-order valence-corrected chi connectivity index (χ4v) is 1.65. The van der Waals surface area contributed by atoms with Crippen LogP contribution in [0.5, 0.6) is 0 Å². The quantitative estimate of drug-likeness (QED) is 0.840. The number of aliphatic hydroxyl groups is 1. The molecule has 0 aliphatic heterocycles. The van der Waals surface area contributed by atoms with E-state index in [1.165, 1.54) is 18.3 Å². The first-order valence-corrected chi connectivity index (χ1v) is 6.28. The maximum atomic E-state index is 13.4. The van der Waals surface area contributed by atoms with E-state index in [1.54, 1.807) is 24.3 Å². The second kappa shape index (κ2) is 7.17. The average molecular weight is 284 g/mol. The van der Waals surface area contributed by atoms with Gasteiger partial charge in [-0.2, -0.15) is 0 Å². The molecule has 0 saturated heterocycles. The molecule has 0 aliphatic rings. The first kappa shape index (κ1) is 14.7. The maximum absolute atomic E-state index is 13.4. The van der Waals surface area contributed by atoms with Gasteiger partial charge in [0.25, 0.3) is 5.91 Å². The smallest absolute Gasteiger partial charge is 0.270 e. The highest BCUT2D eigenvalue weighted by molar-refractivity contribution is 5.92. The highest BCUT2D eigenvalue weighted by Gasteiger charge is 2.08. The molecule has 0 unspecified atom stereocenters. The predicted octanol–water partition coefficient (Wildman–Crippen LogP) is 1.49. The molecule has 2 aromatic rings. The Labute approximate surface area is 121 Å². The van der Waals surface area contributed by atoms with E-state index < -0.39 is 0 Å². The highest BCUT2D eigenvalue weighted by Crippen LogP contribution is 2.06. The van der Waals surface area contributed by atoms with Crippen molar-refractivity contribution < 1.29 is 14.3 Å². The molecule has 4 nitrogen and oxygen atoms in total. The van der Waals surface area contributed by atoms with Crippen molar-refractivity contribution >= 4 is 5.91 Å². The number of amides is 1. The molecule has 1 amide bonds.